The zero-order chi connectivity index (χ0) is 78.1. The number of nitrogens with zero attached hydrogens (tertiary/aromatic N) is 14. The molecule has 17 heteroatoms. The number of rotatable bonds is 15. The Hall–Kier alpha value is -1.91. The molecule has 1 saturated carbocycles. The number of carbonyl (C=O) groups excluding carboxylic acids is 1. The molecule has 12 saturated heterocycles. The van der Waals surface area contributed by atoms with Crippen LogP contribution in [0.25, 0.3) is 0 Å². The van der Waals surface area contributed by atoms with Crippen LogP contribution in [0.15, 0.2) is 24.3 Å². The van der Waals surface area contributed by atoms with Crippen molar-refractivity contribution in [3.05, 3.63) is 35.4 Å². The number of likely N-dealkylation sites (tertiary alicyclic amines) is 11. The Bertz CT molecular complexity index is 2620. The normalized spacial score (nSPS) is 28.9. The van der Waals surface area contributed by atoms with Gasteiger partial charge in [0, 0.05) is 150 Å². The van der Waals surface area contributed by atoms with E-state index >= 15 is 0 Å². The highest BCUT2D eigenvalue weighted by atomic mass is 16.1. The Morgan fingerprint density at radius 3 is 1.14 bits per heavy atom. The molecule has 13 fully saturated rings. The lowest BCUT2D eigenvalue weighted by atomic mass is 9.74. The molecule has 110 heavy (non-hydrogen) atoms. The Kier molecular flexibility index (Phi) is 38.7. The Morgan fingerprint density at radius 2 is 0.673 bits per heavy atom. The fraction of sp³-hybridized carbons (Fsp3) is 0.925. The summed E-state index contributed by atoms with van der Waals surface area (Å²) in [4.78, 5) is 48.2. The molecular formula is C93H176N16O. The fourth-order valence-corrected chi connectivity index (χ4v) is 22.5. The lowest BCUT2D eigenvalue weighted by Crippen LogP contribution is -2.52. The molecule has 1 amide bonds. The van der Waals surface area contributed by atoms with Crippen molar-refractivity contribution in [3.8, 4) is 0 Å². The third kappa shape index (κ3) is 29.0. The first-order valence-corrected chi connectivity index (χ1v) is 47.4. The van der Waals surface area contributed by atoms with Gasteiger partial charge in [-0.15, -0.1) is 0 Å². The SMILES string of the molecule is CC(=O)NC1CCN(C2CCN(C(C)C)CC2)C1.CC(C)N1CCC(N2CCC(N3CCCCC3)CC2)CC1.CC(C)N1CCC(N2CCC3CCCCC3C2)CC1.CC(C)N1CCC(N2CCCN(C)CC2)CC1.CC(C)N1CCC(N2CCc3ccccc3C2)CC1.CC(C)N1CCC(NC2CCN(C)C2)CC1. The van der Waals surface area contributed by atoms with Gasteiger partial charge in [0.05, 0.1) is 0 Å². The van der Waals surface area contributed by atoms with E-state index in [1.54, 1.807) is 18.1 Å². The van der Waals surface area contributed by atoms with E-state index in [2.05, 4.69) is 201 Å². The van der Waals surface area contributed by atoms with Crippen LogP contribution in [-0.4, -0.2) is 356 Å². The molecule has 0 spiro atoms. The first-order chi connectivity index (χ1) is 53.1. The van der Waals surface area contributed by atoms with Gasteiger partial charge in [-0.1, -0.05) is 49.9 Å². The summed E-state index contributed by atoms with van der Waals surface area (Å²) >= 11 is 0. The molecule has 15 rings (SSSR count). The molecule has 0 aromatic heterocycles. The third-order valence-electron chi connectivity index (χ3n) is 30.1. The van der Waals surface area contributed by atoms with E-state index in [9.17, 15) is 4.79 Å². The van der Waals surface area contributed by atoms with Gasteiger partial charge in [-0.3, -0.25) is 24.4 Å². The number of amides is 1. The second-order valence-corrected chi connectivity index (χ2v) is 39.4. The molecule has 2 N–H and O–H groups in total. The summed E-state index contributed by atoms with van der Waals surface area (Å²) in [6, 6.07) is 20.3. The van der Waals surface area contributed by atoms with Crippen molar-refractivity contribution >= 4 is 5.91 Å². The average molecular weight is 1530 g/mol. The minimum atomic E-state index is 0.108. The standard InChI is InChI=1S/C18H35N3.C17H32N2.C17H26N2.C14H27N3O.C14H29N3.C13H27N3/c1-16(2)19-12-6-18(7-13-19)21-14-8-17(9-15-21)20-10-4-3-5-11-20;2*1-14(2)18-11-8-17(9-12-18)19-10-7-15-5-3-4-6-16(15)13-19;1-11(2)16-8-5-14(6-9-16)17-7-4-13(10-17)15-12(3)18;1-13(2)16-9-5-14(6-10-16)17-8-4-7-15(3)11-12-17;1-11(2)16-8-5-12(6-9-16)14-13-4-7-15(3)10-13/h16-18H,3-15H2,1-2H3;14-17H,3-13H2,1-2H3;3-6,14,17H,7-13H2,1-2H3;11,13-14H,4-10H2,1-3H3,(H,15,18);13-14H,4-12H2,1-3H3;11-14H,4-10H2,1-3H3. The summed E-state index contributed by atoms with van der Waals surface area (Å²) in [5.74, 6) is 2.24. The molecule has 4 atom stereocenters. The molecule has 1 aliphatic carbocycles. The van der Waals surface area contributed by atoms with E-state index in [0.29, 0.717) is 18.1 Å². The lowest BCUT2D eigenvalue weighted by molar-refractivity contribution is -0.119. The zero-order valence-electron chi connectivity index (χ0n) is 74.5. The Balaban J connectivity index is 0.000000141. The number of hydrogen-bond donors (Lipinski definition) is 2. The van der Waals surface area contributed by atoms with Gasteiger partial charge in [-0.2, -0.15) is 0 Å². The van der Waals surface area contributed by atoms with Crippen LogP contribution in [0.5, 0.6) is 0 Å². The Morgan fingerprint density at radius 1 is 0.300 bits per heavy atom. The van der Waals surface area contributed by atoms with E-state index in [4.69, 9.17) is 0 Å². The summed E-state index contributed by atoms with van der Waals surface area (Å²) < 4.78 is 0. The van der Waals surface area contributed by atoms with Gasteiger partial charge in [-0.25, -0.2) is 0 Å². The van der Waals surface area contributed by atoms with Gasteiger partial charge in [0.1, 0.15) is 0 Å². The Labute approximate surface area is 678 Å². The van der Waals surface area contributed by atoms with Crippen LogP contribution in [0.2, 0.25) is 0 Å². The molecule has 634 valence electrons. The summed E-state index contributed by atoms with van der Waals surface area (Å²) in [5, 5.41) is 6.89. The van der Waals surface area contributed by atoms with Gasteiger partial charge in [-0.05, 0) is 392 Å². The van der Waals surface area contributed by atoms with Crippen molar-refractivity contribution < 1.29 is 4.79 Å². The van der Waals surface area contributed by atoms with Gasteiger partial charge in [0.15, 0.2) is 0 Å². The minimum Gasteiger partial charge on any atom is -0.352 e. The summed E-state index contributed by atoms with van der Waals surface area (Å²) in [7, 11) is 4.48. The number of carbonyl (C=O) groups is 1. The molecule has 1 aromatic rings. The van der Waals surface area contributed by atoms with Crippen LogP contribution in [-0.2, 0) is 17.8 Å². The van der Waals surface area contributed by atoms with Gasteiger partial charge < -0.3 is 59.6 Å². The van der Waals surface area contributed by atoms with Gasteiger partial charge in [0.2, 0.25) is 5.91 Å². The van der Waals surface area contributed by atoms with Gasteiger partial charge >= 0.3 is 0 Å². The van der Waals surface area contributed by atoms with E-state index in [-0.39, 0.29) is 5.91 Å². The zero-order valence-corrected chi connectivity index (χ0v) is 74.5. The van der Waals surface area contributed by atoms with Crippen molar-refractivity contribution in [2.24, 2.45) is 11.8 Å². The maximum Gasteiger partial charge on any atom is 0.217 e. The van der Waals surface area contributed by atoms with Crippen molar-refractivity contribution in [2.75, 3.05) is 191 Å². The van der Waals surface area contributed by atoms with Crippen LogP contribution in [0.1, 0.15) is 262 Å². The van der Waals surface area contributed by atoms with E-state index in [1.807, 2.05) is 0 Å². The van der Waals surface area contributed by atoms with E-state index in [1.165, 1.54) is 331 Å². The molecule has 4 unspecified atom stereocenters. The highest BCUT2D eigenvalue weighted by Gasteiger charge is 2.38. The topological polar surface area (TPSA) is 86.5 Å². The maximum atomic E-state index is 11.1. The number of likely N-dealkylation sites (N-methyl/N-ethyl adjacent to an activating group) is 2. The maximum absolute atomic E-state index is 11.1. The minimum absolute atomic E-state index is 0.108. The average Bonchev–Trinajstić information content (AvgIpc) is 1.16. The fourth-order valence-electron chi connectivity index (χ4n) is 22.5. The molecule has 0 radical (unpaired) electrons. The van der Waals surface area contributed by atoms with Crippen LogP contribution < -0.4 is 10.6 Å². The first kappa shape index (κ1) is 90.4. The summed E-state index contributed by atoms with van der Waals surface area (Å²) in [6.45, 7) is 65.4. The number of piperidine rings is 9. The largest absolute Gasteiger partial charge is 0.352 e. The molecule has 0 bridgehead atoms. The van der Waals surface area contributed by atoms with Crippen molar-refractivity contribution in [1.29, 1.82) is 0 Å². The second-order valence-electron chi connectivity index (χ2n) is 39.4. The lowest BCUT2D eigenvalue weighted by Gasteiger charge is -2.47. The molecule has 13 aliphatic heterocycles. The smallest absolute Gasteiger partial charge is 0.217 e. The van der Waals surface area contributed by atoms with Crippen molar-refractivity contribution in [2.45, 2.75) is 354 Å². The van der Waals surface area contributed by atoms with Crippen LogP contribution >= 0.6 is 0 Å². The number of hydrogen-bond acceptors (Lipinski definition) is 16. The van der Waals surface area contributed by atoms with Crippen LogP contribution in [0, 0.1) is 11.8 Å². The molecule has 1 aromatic carbocycles. The van der Waals surface area contributed by atoms with Crippen LogP contribution in [0.4, 0.5) is 0 Å². The van der Waals surface area contributed by atoms with Crippen molar-refractivity contribution in [1.82, 2.24) is 79.2 Å². The highest BCUT2D eigenvalue weighted by Crippen LogP contribution is 2.38. The molecule has 13 heterocycles. The third-order valence-corrected chi connectivity index (χ3v) is 30.1. The predicted octanol–water partition coefficient (Wildman–Crippen LogP) is 12.8. The molecule has 17 nitrogen and oxygen atoms in total. The number of benzene rings is 1. The monoisotopic (exact) mass is 1530 g/mol. The predicted molar refractivity (Wildman–Crippen MR) is 467 cm³/mol. The molecular weight excluding hydrogens is 1360 g/mol. The van der Waals surface area contributed by atoms with Crippen molar-refractivity contribution in [3.63, 3.8) is 0 Å². The quantitative estimate of drug-likeness (QED) is 0.175. The number of nitrogens with one attached hydrogen (secondary N) is 2. The highest BCUT2D eigenvalue weighted by molar-refractivity contribution is 5.73. The summed E-state index contributed by atoms with van der Waals surface area (Å²) in [6.07, 6.45) is 36.1. The van der Waals surface area contributed by atoms with E-state index in [0.717, 1.165) is 104 Å². The number of fused-ring (bicyclic) bond motifs is 2. The van der Waals surface area contributed by atoms with Crippen LogP contribution in [0.3, 0.4) is 0 Å². The van der Waals surface area contributed by atoms with Gasteiger partial charge in [0.25, 0.3) is 0 Å². The van der Waals surface area contributed by atoms with E-state index < -0.39 is 0 Å². The molecule has 14 aliphatic rings. The summed E-state index contributed by atoms with van der Waals surface area (Å²) in [5.41, 5.74) is 3.12. The first-order valence-electron chi connectivity index (χ1n) is 47.4. The second kappa shape index (κ2) is 47.0.